The Labute approximate surface area is 241 Å². The van der Waals surface area contributed by atoms with Crippen LogP contribution >= 0.6 is 11.6 Å². The van der Waals surface area contributed by atoms with Crippen LogP contribution in [0.4, 0.5) is 0 Å². The lowest BCUT2D eigenvalue weighted by Crippen LogP contribution is -2.55. The molecule has 7 nitrogen and oxygen atoms in total. The van der Waals surface area contributed by atoms with Gasteiger partial charge >= 0.3 is 5.97 Å². The molecule has 1 aliphatic carbocycles. The predicted molar refractivity (Wildman–Crippen MR) is 159 cm³/mol. The molecule has 1 amide bonds. The minimum atomic E-state index is -1.27. The Hall–Kier alpha value is -3.42. The summed E-state index contributed by atoms with van der Waals surface area (Å²) in [6, 6.07) is 15.3. The number of hydrogen-bond acceptors (Lipinski definition) is 5. The number of nitrogens with zero attached hydrogens (tertiary/aromatic N) is 2. The number of carbonyl (C=O) groups excluding carboxylic acids is 1. The first-order valence-electron chi connectivity index (χ1n) is 13.8. The van der Waals surface area contributed by atoms with Crippen molar-refractivity contribution in [3.8, 4) is 28.1 Å². The topological polar surface area (TPSA) is 91.8 Å². The predicted octanol–water partition coefficient (Wildman–Crippen LogP) is 6.53. The first-order valence-corrected chi connectivity index (χ1v) is 14.2. The van der Waals surface area contributed by atoms with E-state index >= 15 is 0 Å². The van der Waals surface area contributed by atoms with Crippen LogP contribution in [0.1, 0.15) is 60.1 Å². The molecular formula is C32H38ClN3O4. The van der Waals surface area contributed by atoms with E-state index in [1.54, 1.807) is 12.1 Å². The van der Waals surface area contributed by atoms with Gasteiger partial charge in [0.05, 0.1) is 17.3 Å². The zero-order valence-corrected chi connectivity index (χ0v) is 24.5. The minimum absolute atomic E-state index is 0.165. The molecule has 1 aromatic heterocycles. The molecule has 1 fully saturated rings. The third kappa shape index (κ3) is 6.83. The maximum atomic E-state index is 13.4. The summed E-state index contributed by atoms with van der Waals surface area (Å²) in [4.78, 5) is 32.5. The highest BCUT2D eigenvalue weighted by Crippen LogP contribution is 2.37. The number of amides is 1. The summed E-state index contributed by atoms with van der Waals surface area (Å²) < 4.78 is 6.02. The number of carbonyl (C=O) groups is 2. The average molecular weight is 564 g/mol. The molecule has 2 N–H and O–H groups in total. The van der Waals surface area contributed by atoms with Gasteiger partial charge in [-0.15, -0.1) is 0 Å². The van der Waals surface area contributed by atoms with Gasteiger partial charge in [0.1, 0.15) is 17.0 Å². The molecule has 40 heavy (non-hydrogen) atoms. The van der Waals surface area contributed by atoms with Crippen molar-refractivity contribution < 1.29 is 19.4 Å². The van der Waals surface area contributed by atoms with Crippen LogP contribution in [-0.2, 0) is 4.79 Å². The number of carboxylic acids is 1. The highest BCUT2D eigenvalue weighted by Gasteiger charge is 2.41. The van der Waals surface area contributed by atoms with Gasteiger partial charge in [0.15, 0.2) is 0 Å². The molecule has 2 aromatic carbocycles. The van der Waals surface area contributed by atoms with Crippen molar-refractivity contribution >= 4 is 23.5 Å². The number of pyridine rings is 1. The van der Waals surface area contributed by atoms with Gasteiger partial charge in [0.25, 0.3) is 5.91 Å². The number of aliphatic carboxylic acids is 1. The van der Waals surface area contributed by atoms with E-state index in [2.05, 4.69) is 22.3 Å². The highest BCUT2D eigenvalue weighted by molar-refractivity contribution is 6.32. The number of nitrogens with one attached hydrogen (secondary N) is 1. The SMILES string of the molecule is Cc1ccc(-c2ccc(C(=O)NC3(C(=O)O)CCCCC3)nc2-c2ccc(Cl)c(OCCCN(C)C)c2)c(C)c1. The quantitative estimate of drug-likeness (QED) is 0.272. The Morgan fingerprint density at radius 3 is 2.42 bits per heavy atom. The van der Waals surface area contributed by atoms with Crippen molar-refractivity contribution in [2.75, 3.05) is 27.2 Å². The normalized spacial score (nSPS) is 14.7. The lowest BCUT2D eigenvalue weighted by atomic mass is 9.81. The third-order valence-electron chi connectivity index (χ3n) is 7.48. The second kappa shape index (κ2) is 12.8. The number of rotatable bonds is 10. The number of ether oxygens (including phenoxy) is 1. The van der Waals surface area contributed by atoms with Crippen LogP contribution in [0.15, 0.2) is 48.5 Å². The van der Waals surface area contributed by atoms with E-state index in [1.165, 1.54) is 0 Å². The summed E-state index contributed by atoms with van der Waals surface area (Å²) in [6.07, 6.45) is 4.16. The molecule has 8 heteroatoms. The van der Waals surface area contributed by atoms with Gasteiger partial charge in [-0.05, 0) is 82.6 Å². The van der Waals surface area contributed by atoms with Crippen molar-refractivity contribution in [2.45, 2.75) is 57.9 Å². The molecule has 0 saturated heterocycles. The van der Waals surface area contributed by atoms with Gasteiger partial charge in [-0.25, -0.2) is 9.78 Å². The van der Waals surface area contributed by atoms with Crippen molar-refractivity contribution in [3.05, 3.63) is 70.4 Å². The molecule has 1 aliphatic rings. The van der Waals surface area contributed by atoms with Gasteiger partial charge in [-0.2, -0.15) is 0 Å². The fourth-order valence-corrected chi connectivity index (χ4v) is 5.46. The lowest BCUT2D eigenvalue weighted by molar-refractivity contribution is -0.145. The summed E-state index contributed by atoms with van der Waals surface area (Å²) in [6.45, 7) is 5.50. The summed E-state index contributed by atoms with van der Waals surface area (Å²) in [5, 5.41) is 13.3. The molecule has 1 heterocycles. The van der Waals surface area contributed by atoms with E-state index in [-0.39, 0.29) is 5.69 Å². The molecule has 3 aromatic rings. The smallest absolute Gasteiger partial charge is 0.329 e. The molecule has 1 saturated carbocycles. The monoisotopic (exact) mass is 563 g/mol. The van der Waals surface area contributed by atoms with Crippen molar-refractivity contribution in [2.24, 2.45) is 0 Å². The van der Waals surface area contributed by atoms with Gasteiger partial charge in [0, 0.05) is 17.7 Å². The fraction of sp³-hybridized carbons (Fsp3) is 0.406. The molecule has 0 atom stereocenters. The molecular weight excluding hydrogens is 526 g/mol. The van der Waals surface area contributed by atoms with Gasteiger partial charge in [-0.1, -0.05) is 60.7 Å². The van der Waals surface area contributed by atoms with E-state index in [1.807, 2.05) is 52.2 Å². The van der Waals surface area contributed by atoms with Gasteiger partial charge in [-0.3, -0.25) is 4.79 Å². The maximum Gasteiger partial charge on any atom is 0.329 e. The van der Waals surface area contributed by atoms with E-state index in [0.29, 0.717) is 35.9 Å². The number of aromatic nitrogens is 1. The third-order valence-corrected chi connectivity index (χ3v) is 7.79. The zero-order chi connectivity index (χ0) is 28.9. The Morgan fingerprint density at radius 1 is 1.02 bits per heavy atom. The largest absolute Gasteiger partial charge is 0.492 e. The van der Waals surface area contributed by atoms with E-state index < -0.39 is 17.4 Å². The Bertz CT molecular complexity index is 1380. The zero-order valence-electron chi connectivity index (χ0n) is 23.7. The standard InChI is InChI=1S/C32H38ClN3O4/c1-21-9-11-24(22(2)19-21)25-12-14-27(30(37)35-32(31(38)39)15-6-5-7-16-32)34-29(25)23-10-13-26(33)28(20-23)40-18-8-17-36(3)4/h9-14,19-20H,5-8,15-18H2,1-4H3,(H,35,37)(H,38,39). The van der Waals surface area contributed by atoms with Crippen LogP contribution in [0.2, 0.25) is 5.02 Å². The van der Waals surface area contributed by atoms with Crippen molar-refractivity contribution in [3.63, 3.8) is 0 Å². The number of benzene rings is 2. The molecule has 0 aliphatic heterocycles. The highest BCUT2D eigenvalue weighted by atomic mass is 35.5. The molecule has 0 spiro atoms. The molecule has 4 rings (SSSR count). The number of halogens is 1. The van der Waals surface area contributed by atoms with E-state index in [9.17, 15) is 14.7 Å². The van der Waals surface area contributed by atoms with Crippen LogP contribution < -0.4 is 10.1 Å². The van der Waals surface area contributed by atoms with E-state index in [4.69, 9.17) is 21.3 Å². The fourth-order valence-electron chi connectivity index (χ4n) is 5.29. The van der Waals surface area contributed by atoms with Crippen LogP contribution in [0.3, 0.4) is 0 Å². The average Bonchev–Trinajstić information content (AvgIpc) is 2.92. The number of hydrogen-bond donors (Lipinski definition) is 2. The van der Waals surface area contributed by atoms with Gasteiger partial charge in [0.2, 0.25) is 0 Å². The van der Waals surface area contributed by atoms with Crippen LogP contribution in [-0.4, -0.2) is 59.7 Å². The summed E-state index contributed by atoms with van der Waals surface area (Å²) in [5.41, 5.74) is 4.35. The second-order valence-electron chi connectivity index (χ2n) is 11.0. The molecule has 0 bridgehead atoms. The van der Waals surface area contributed by atoms with Crippen molar-refractivity contribution in [1.29, 1.82) is 0 Å². The summed E-state index contributed by atoms with van der Waals surface area (Å²) >= 11 is 6.48. The number of aryl methyl sites for hydroxylation is 2. The summed E-state index contributed by atoms with van der Waals surface area (Å²) in [7, 11) is 4.03. The minimum Gasteiger partial charge on any atom is -0.492 e. The summed E-state index contributed by atoms with van der Waals surface area (Å²) in [5.74, 6) is -0.943. The number of carboxylic acid groups (broad SMARTS) is 1. The van der Waals surface area contributed by atoms with Gasteiger partial charge < -0.3 is 20.1 Å². The Balaban J connectivity index is 1.74. The van der Waals surface area contributed by atoms with Crippen LogP contribution in [0, 0.1) is 13.8 Å². The first-order chi connectivity index (χ1) is 19.1. The lowest BCUT2D eigenvalue weighted by Gasteiger charge is -2.33. The molecule has 0 radical (unpaired) electrons. The molecule has 0 unspecified atom stereocenters. The second-order valence-corrected chi connectivity index (χ2v) is 11.4. The van der Waals surface area contributed by atoms with Crippen LogP contribution in [0.5, 0.6) is 5.75 Å². The first kappa shape index (κ1) is 29.6. The Kier molecular flexibility index (Phi) is 9.48. The van der Waals surface area contributed by atoms with Crippen molar-refractivity contribution in [1.82, 2.24) is 15.2 Å². The maximum absolute atomic E-state index is 13.4. The van der Waals surface area contributed by atoms with E-state index in [0.717, 1.165) is 60.0 Å². The molecule has 212 valence electrons. The Morgan fingerprint density at radius 2 is 1.75 bits per heavy atom. The van der Waals surface area contributed by atoms with Crippen LogP contribution in [0.25, 0.3) is 22.4 Å².